The van der Waals surface area contributed by atoms with Crippen molar-refractivity contribution in [1.82, 2.24) is 10.6 Å². The minimum atomic E-state index is -1.53. The molecule has 12 heavy (non-hydrogen) atoms. The molecule has 0 aliphatic heterocycles. The molecule has 0 aromatic rings. The zero-order chi connectivity index (χ0) is 9.56. The summed E-state index contributed by atoms with van der Waals surface area (Å²) in [6, 6.07) is 0. The fraction of sp³-hybridized carbons (Fsp3) is 0.600. The van der Waals surface area contributed by atoms with Crippen LogP contribution in [0.1, 0.15) is 0 Å². The Morgan fingerprint density at radius 3 is 1.75 bits per heavy atom. The fourth-order valence-corrected chi connectivity index (χ4v) is 0.474. The van der Waals surface area contributed by atoms with E-state index >= 15 is 0 Å². The number of rotatable bonds is 4. The lowest BCUT2D eigenvalue weighted by atomic mass is 10.3. The van der Waals surface area contributed by atoms with Gasteiger partial charge in [-0.3, -0.25) is 0 Å². The van der Waals surface area contributed by atoms with Gasteiger partial charge in [-0.2, -0.15) is 0 Å². The summed E-state index contributed by atoms with van der Waals surface area (Å²) in [5.41, 5.74) is 0. The van der Waals surface area contributed by atoms with Crippen LogP contribution in [-0.2, 0) is 0 Å². The van der Waals surface area contributed by atoms with Crippen LogP contribution in [0.15, 0.2) is 0 Å². The van der Waals surface area contributed by atoms with Gasteiger partial charge < -0.3 is 35.5 Å². The summed E-state index contributed by atoms with van der Waals surface area (Å²) in [4.78, 5) is 19.5. The summed E-state index contributed by atoms with van der Waals surface area (Å²) in [6.45, 7) is -0.578. The van der Waals surface area contributed by atoms with Crippen LogP contribution in [0.5, 0.6) is 0 Å². The van der Waals surface area contributed by atoms with Crippen molar-refractivity contribution in [2.45, 2.75) is 6.10 Å². The van der Waals surface area contributed by atoms with Crippen molar-refractivity contribution < 1.29 is 24.9 Å². The number of carbonyl (C=O) groups is 2. The Bertz CT molecular complexity index is 153. The predicted octanol–water partition coefficient (Wildman–Crippen LogP) is -3.79. The molecular formula is C5H8N2O5-2. The third kappa shape index (κ3) is 6.62. The number of amides is 2. The van der Waals surface area contributed by atoms with Gasteiger partial charge in [-0.25, -0.2) is 0 Å². The molecule has 0 aliphatic carbocycles. The van der Waals surface area contributed by atoms with Crippen molar-refractivity contribution in [2.24, 2.45) is 0 Å². The number of nitrogens with one attached hydrogen (secondary N) is 2. The molecule has 0 unspecified atom stereocenters. The Kier molecular flexibility index (Phi) is 4.54. The van der Waals surface area contributed by atoms with E-state index in [0.29, 0.717) is 0 Å². The minimum absolute atomic E-state index is 0.289. The Labute approximate surface area is 68.0 Å². The van der Waals surface area contributed by atoms with Gasteiger partial charge in [-0.05, 0) is 0 Å². The molecule has 0 aliphatic rings. The molecule has 0 saturated carbocycles. The maximum Gasteiger partial charge on any atom is 0.134 e. The van der Waals surface area contributed by atoms with Crippen LogP contribution in [0.2, 0.25) is 0 Å². The molecular weight excluding hydrogens is 168 g/mol. The lowest BCUT2D eigenvalue weighted by Gasteiger charge is -2.14. The highest BCUT2D eigenvalue weighted by Gasteiger charge is 2.01. The monoisotopic (exact) mass is 176 g/mol. The standard InChI is InChI=1S/C5H10N2O5/c8-3(1-6-4(9)10)2-7-5(11)12/h3,6-8H,1-2H2,(H,9,10)(H,11,12)/p-2. The fourth-order valence-electron chi connectivity index (χ4n) is 0.474. The summed E-state index contributed by atoms with van der Waals surface area (Å²) in [6.07, 6.45) is -4.18. The number of aliphatic hydroxyl groups is 1. The van der Waals surface area contributed by atoms with Crippen molar-refractivity contribution in [3.8, 4) is 0 Å². The zero-order valence-electron chi connectivity index (χ0n) is 6.07. The molecule has 2 amide bonds. The van der Waals surface area contributed by atoms with Crippen molar-refractivity contribution in [1.29, 1.82) is 0 Å². The van der Waals surface area contributed by atoms with Crippen LogP contribution in [0.3, 0.4) is 0 Å². The summed E-state index contributed by atoms with van der Waals surface area (Å²) >= 11 is 0. The maximum absolute atomic E-state index is 9.76. The maximum atomic E-state index is 9.76. The second-order valence-corrected chi connectivity index (χ2v) is 1.99. The first kappa shape index (κ1) is 10.5. The largest absolute Gasteiger partial charge is 0.530 e. The second-order valence-electron chi connectivity index (χ2n) is 1.99. The molecule has 70 valence electrons. The van der Waals surface area contributed by atoms with E-state index in [4.69, 9.17) is 5.11 Å². The first-order valence-electron chi connectivity index (χ1n) is 3.10. The van der Waals surface area contributed by atoms with Gasteiger partial charge in [-0.1, -0.05) is 0 Å². The van der Waals surface area contributed by atoms with Gasteiger partial charge >= 0.3 is 0 Å². The van der Waals surface area contributed by atoms with E-state index in [2.05, 4.69) is 0 Å². The molecule has 0 rings (SSSR count). The van der Waals surface area contributed by atoms with E-state index in [1.54, 1.807) is 10.6 Å². The van der Waals surface area contributed by atoms with E-state index in [-0.39, 0.29) is 13.1 Å². The first-order valence-corrected chi connectivity index (χ1v) is 3.10. The average molecular weight is 176 g/mol. The van der Waals surface area contributed by atoms with Crippen molar-refractivity contribution in [3.63, 3.8) is 0 Å². The third-order valence-corrected chi connectivity index (χ3v) is 0.964. The Morgan fingerprint density at radius 1 is 1.17 bits per heavy atom. The van der Waals surface area contributed by atoms with E-state index in [0.717, 1.165) is 0 Å². The molecule has 7 nitrogen and oxygen atoms in total. The van der Waals surface area contributed by atoms with Gasteiger partial charge in [0.1, 0.15) is 12.2 Å². The van der Waals surface area contributed by atoms with Gasteiger partial charge in [0.05, 0.1) is 6.10 Å². The lowest BCUT2D eigenvalue weighted by molar-refractivity contribution is -0.251. The highest BCUT2D eigenvalue weighted by atomic mass is 16.4. The highest BCUT2D eigenvalue weighted by Crippen LogP contribution is 1.76. The first-order chi connectivity index (χ1) is 5.52. The van der Waals surface area contributed by atoms with Crippen molar-refractivity contribution in [3.05, 3.63) is 0 Å². The number of hydrogen-bond acceptors (Lipinski definition) is 5. The third-order valence-electron chi connectivity index (χ3n) is 0.964. The molecule has 7 heteroatoms. The van der Waals surface area contributed by atoms with Crippen LogP contribution >= 0.6 is 0 Å². The van der Waals surface area contributed by atoms with E-state index < -0.39 is 18.3 Å². The van der Waals surface area contributed by atoms with Crippen LogP contribution in [0.25, 0.3) is 0 Å². The van der Waals surface area contributed by atoms with E-state index in [1.165, 1.54) is 0 Å². The number of aliphatic hydroxyl groups excluding tert-OH is 1. The molecule has 0 heterocycles. The Morgan fingerprint density at radius 2 is 1.50 bits per heavy atom. The number of carboxylic acid groups (broad SMARTS) is 2. The molecule has 0 fully saturated rings. The van der Waals surface area contributed by atoms with Gasteiger partial charge in [-0.15, -0.1) is 0 Å². The smallest absolute Gasteiger partial charge is 0.134 e. The van der Waals surface area contributed by atoms with Gasteiger partial charge in [0.25, 0.3) is 0 Å². The van der Waals surface area contributed by atoms with Crippen LogP contribution in [-0.4, -0.2) is 36.5 Å². The van der Waals surface area contributed by atoms with Crippen molar-refractivity contribution >= 4 is 12.2 Å². The topological polar surface area (TPSA) is 125 Å². The second kappa shape index (κ2) is 5.19. The molecule has 0 saturated heterocycles. The zero-order valence-corrected chi connectivity index (χ0v) is 6.07. The van der Waals surface area contributed by atoms with Gasteiger partial charge in [0, 0.05) is 13.1 Å². The Balaban J connectivity index is 3.39. The molecule has 0 bridgehead atoms. The van der Waals surface area contributed by atoms with E-state index in [1.807, 2.05) is 0 Å². The number of hydrogen-bond donors (Lipinski definition) is 3. The van der Waals surface area contributed by atoms with E-state index in [9.17, 15) is 19.8 Å². The van der Waals surface area contributed by atoms with Crippen molar-refractivity contribution in [2.75, 3.05) is 13.1 Å². The molecule has 0 aromatic heterocycles. The van der Waals surface area contributed by atoms with Crippen LogP contribution < -0.4 is 20.8 Å². The number of carbonyl (C=O) groups excluding carboxylic acids is 2. The van der Waals surface area contributed by atoms with Gasteiger partial charge in [0.15, 0.2) is 0 Å². The quantitative estimate of drug-likeness (QED) is 0.405. The molecule has 0 spiro atoms. The average Bonchev–Trinajstić information content (AvgIpc) is 1.96. The molecule has 0 aromatic carbocycles. The lowest BCUT2D eigenvalue weighted by Crippen LogP contribution is -2.46. The minimum Gasteiger partial charge on any atom is -0.530 e. The summed E-state index contributed by atoms with van der Waals surface area (Å²) in [7, 11) is 0. The molecule has 3 N–H and O–H groups in total. The Hall–Kier alpha value is -1.50. The van der Waals surface area contributed by atoms with Gasteiger partial charge in [0.2, 0.25) is 0 Å². The van der Waals surface area contributed by atoms with Crippen LogP contribution in [0.4, 0.5) is 9.59 Å². The predicted molar refractivity (Wildman–Crippen MR) is 32.8 cm³/mol. The molecule has 0 radical (unpaired) electrons. The molecule has 0 atom stereocenters. The SMILES string of the molecule is O=C([O-])NCC(O)CNC(=O)[O-]. The summed E-state index contributed by atoms with van der Waals surface area (Å²) in [5.74, 6) is 0. The van der Waals surface area contributed by atoms with Crippen LogP contribution in [0, 0.1) is 0 Å². The highest BCUT2D eigenvalue weighted by molar-refractivity contribution is 5.62. The summed E-state index contributed by atoms with van der Waals surface area (Å²) in [5, 5.41) is 31.9. The summed E-state index contributed by atoms with van der Waals surface area (Å²) < 4.78 is 0. The normalized spacial score (nSPS) is 9.50.